The highest BCUT2D eigenvalue weighted by Crippen LogP contribution is 2.29. The van der Waals surface area contributed by atoms with Crippen LogP contribution in [0.4, 0.5) is 0 Å². The molecule has 0 radical (unpaired) electrons. The van der Waals surface area contributed by atoms with E-state index in [0.29, 0.717) is 17.1 Å². The minimum Gasteiger partial charge on any atom is -0.455 e. The van der Waals surface area contributed by atoms with Crippen LogP contribution in [-0.4, -0.2) is 10.9 Å². The van der Waals surface area contributed by atoms with Crippen LogP contribution in [0.25, 0.3) is 0 Å². The maximum absolute atomic E-state index is 11.3. The maximum Gasteiger partial charge on any atom is 0.252 e. The first-order valence-electron chi connectivity index (χ1n) is 4.94. The summed E-state index contributed by atoms with van der Waals surface area (Å²) < 4.78 is 7.19. The molecular weight excluding hydrogens is 364 g/mol. The van der Waals surface area contributed by atoms with Crippen LogP contribution in [0.15, 0.2) is 45.6 Å². The highest BCUT2D eigenvalue weighted by Gasteiger charge is 2.11. The van der Waals surface area contributed by atoms with Gasteiger partial charge in [-0.25, -0.2) is 0 Å². The van der Waals surface area contributed by atoms with E-state index in [9.17, 15) is 4.79 Å². The van der Waals surface area contributed by atoms with Gasteiger partial charge in [0.15, 0.2) is 0 Å². The van der Waals surface area contributed by atoms with E-state index in [1.807, 2.05) is 0 Å². The second-order valence-corrected chi connectivity index (χ2v) is 5.28. The van der Waals surface area contributed by atoms with Crippen LogP contribution in [0, 0.1) is 0 Å². The Hall–Kier alpha value is -1.40. The molecule has 0 saturated heterocycles. The normalized spacial score (nSPS) is 10.1. The number of carbonyl (C=O) groups is 1. The van der Waals surface area contributed by atoms with Crippen molar-refractivity contribution in [3.8, 4) is 11.5 Å². The Morgan fingerprint density at radius 1 is 1.17 bits per heavy atom. The van der Waals surface area contributed by atoms with Crippen molar-refractivity contribution in [3.05, 3.63) is 51.2 Å². The third-order valence-electron chi connectivity index (χ3n) is 2.12. The van der Waals surface area contributed by atoms with E-state index in [2.05, 4.69) is 36.8 Å². The molecule has 1 aromatic heterocycles. The molecule has 0 unspecified atom stereocenters. The van der Waals surface area contributed by atoms with Crippen LogP contribution in [0.1, 0.15) is 10.4 Å². The number of hydrogen-bond donors (Lipinski definition) is 1. The summed E-state index contributed by atoms with van der Waals surface area (Å²) in [5.41, 5.74) is 5.61. The standard InChI is InChI=1S/C12H8Br2N2O2/c13-7-1-2-10(12(15)17)11(4-7)18-9-3-8(14)5-16-6-9/h1-6H,(H2,15,17). The second-order valence-electron chi connectivity index (χ2n) is 3.45. The zero-order valence-corrected chi connectivity index (χ0v) is 12.2. The van der Waals surface area contributed by atoms with Gasteiger partial charge in [0.1, 0.15) is 11.5 Å². The molecule has 1 heterocycles. The highest BCUT2D eigenvalue weighted by atomic mass is 79.9. The Labute approximate surface area is 120 Å². The lowest BCUT2D eigenvalue weighted by Gasteiger charge is -2.09. The number of rotatable bonds is 3. The smallest absolute Gasteiger partial charge is 0.252 e. The summed E-state index contributed by atoms with van der Waals surface area (Å²) in [4.78, 5) is 15.3. The molecule has 2 N–H and O–H groups in total. The Morgan fingerprint density at radius 2 is 1.94 bits per heavy atom. The van der Waals surface area contributed by atoms with Gasteiger partial charge in [0, 0.05) is 15.1 Å². The molecule has 0 spiro atoms. The number of nitrogens with two attached hydrogens (primary N) is 1. The van der Waals surface area contributed by atoms with E-state index in [1.54, 1.807) is 36.7 Å². The topological polar surface area (TPSA) is 65.2 Å². The number of amides is 1. The fourth-order valence-electron chi connectivity index (χ4n) is 1.36. The first-order chi connectivity index (χ1) is 8.56. The Bertz CT molecular complexity index is 602. The summed E-state index contributed by atoms with van der Waals surface area (Å²) in [5.74, 6) is 0.363. The van der Waals surface area contributed by atoms with Crippen molar-refractivity contribution in [1.82, 2.24) is 4.98 Å². The van der Waals surface area contributed by atoms with Crippen molar-refractivity contribution in [3.63, 3.8) is 0 Å². The average molecular weight is 372 g/mol. The van der Waals surface area contributed by atoms with Crippen molar-refractivity contribution in [1.29, 1.82) is 0 Å². The first kappa shape index (κ1) is 13.0. The number of primary amides is 1. The monoisotopic (exact) mass is 370 g/mol. The molecule has 2 rings (SSSR count). The van der Waals surface area contributed by atoms with Gasteiger partial charge in [-0.2, -0.15) is 0 Å². The van der Waals surface area contributed by atoms with Gasteiger partial charge in [-0.15, -0.1) is 0 Å². The van der Waals surface area contributed by atoms with Crippen molar-refractivity contribution in [2.24, 2.45) is 5.73 Å². The van der Waals surface area contributed by atoms with Crippen LogP contribution in [0.2, 0.25) is 0 Å². The van der Waals surface area contributed by atoms with E-state index in [1.165, 1.54) is 0 Å². The van der Waals surface area contributed by atoms with Crippen molar-refractivity contribution >= 4 is 37.8 Å². The zero-order valence-electron chi connectivity index (χ0n) is 9.06. The second kappa shape index (κ2) is 5.49. The molecule has 0 atom stereocenters. The average Bonchev–Trinajstić information content (AvgIpc) is 2.28. The van der Waals surface area contributed by atoms with Crippen molar-refractivity contribution in [2.45, 2.75) is 0 Å². The number of benzene rings is 1. The molecule has 6 heteroatoms. The summed E-state index contributed by atoms with van der Waals surface area (Å²) in [5, 5.41) is 0. The molecule has 92 valence electrons. The predicted molar refractivity (Wildman–Crippen MR) is 74.7 cm³/mol. The number of hydrogen-bond acceptors (Lipinski definition) is 3. The number of nitrogens with zero attached hydrogens (tertiary/aromatic N) is 1. The van der Waals surface area contributed by atoms with E-state index in [0.717, 1.165) is 8.95 Å². The van der Waals surface area contributed by atoms with E-state index < -0.39 is 5.91 Å². The molecule has 0 fully saturated rings. The largest absolute Gasteiger partial charge is 0.455 e. The van der Waals surface area contributed by atoms with Gasteiger partial charge in [0.25, 0.3) is 5.91 Å². The summed E-state index contributed by atoms with van der Waals surface area (Å²) >= 11 is 6.61. The summed E-state index contributed by atoms with van der Waals surface area (Å²) in [6.07, 6.45) is 3.19. The third kappa shape index (κ3) is 3.08. The summed E-state index contributed by atoms with van der Waals surface area (Å²) in [6.45, 7) is 0. The number of pyridine rings is 1. The molecule has 2 aromatic rings. The maximum atomic E-state index is 11.3. The van der Waals surface area contributed by atoms with Gasteiger partial charge in [0.2, 0.25) is 0 Å². The van der Waals surface area contributed by atoms with E-state index >= 15 is 0 Å². The molecule has 18 heavy (non-hydrogen) atoms. The molecule has 0 aliphatic heterocycles. The predicted octanol–water partition coefficient (Wildman–Crippen LogP) is 3.50. The lowest BCUT2D eigenvalue weighted by Crippen LogP contribution is -2.12. The van der Waals surface area contributed by atoms with Crippen LogP contribution >= 0.6 is 31.9 Å². The fourth-order valence-corrected chi connectivity index (χ4v) is 2.04. The molecule has 4 nitrogen and oxygen atoms in total. The van der Waals surface area contributed by atoms with Crippen molar-refractivity contribution in [2.75, 3.05) is 0 Å². The van der Waals surface area contributed by atoms with Crippen LogP contribution in [-0.2, 0) is 0 Å². The zero-order chi connectivity index (χ0) is 13.1. The minimum atomic E-state index is -0.541. The van der Waals surface area contributed by atoms with Gasteiger partial charge in [-0.3, -0.25) is 9.78 Å². The fraction of sp³-hybridized carbons (Fsp3) is 0. The van der Waals surface area contributed by atoms with Gasteiger partial charge in [-0.05, 0) is 40.2 Å². The van der Waals surface area contributed by atoms with Crippen molar-refractivity contribution < 1.29 is 9.53 Å². The van der Waals surface area contributed by atoms with Gasteiger partial charge < -0.3 is 10.5 Å². The van der Waals surface area contributed by atoms with Gasteiger partial charge >= 0.3 is 0 Å². The molecule has 1 aromatic carbocycles. The molecule has 0 aliphatic rings. The van der Waals surface area contributed by atoms with Crippen LogP contribution < -0.4 is 10.5 Å². The van der Waals surface area contributed by atoms with Gasteiger partial charge in [-0.1, -0.05) is 15.9 Å². The Morgan fingerprint density at radius 3 is 2.61 bits per heavy atom. The molecule has 0 aliphatic carbocycles. The van der Waals surface area contributed by atoms with E-state index in [-0.39, 0.29) is 0 Å². The molecular formula is C12H8Br2N2O2. The van der Waals surface area contributed by atoms with Gasteiger partial charge in [0.05, 0.1) is 11.8 Å². The Kier molecular flexibility index (Phi) is 3.98. The first-order valence-corrected chi connectivity index (χ1v) is 6.52. The number of carbonyl (C=O) groups excluding carboxylic acids is 1. The molecule has 0 saturated carbocycles. The summed E-state index contributed by atoms with van der Waals surface area (Å²) in [7, 11) is 0. The lowest BCUT2D eigenvalue weighted by atomic mass is 10.2. The molecule has 0 bridgehead atoms. The Balaban J connectivity index is 2.39. The number of halogens is 2. The van der Waals surface area contributed by atoms with E-state index in [4.69, 9.17) is 10.5 Å². The lowest BCUT2D eigenvalue weighted by molar-refractivity contribution is 0.0998. The quantitative estimate of drug-likeness (QED) is 0.897. The third-order valence-corrected chi connectivity index (χ3v) is 3.04. The minimum absolute atomic E-state index is 0.318. The van der Waals surface area contributed by atoms with Crippen LogP contribution in [0.5, 0.6) is 11.5 Å². The SMILES string of the molecule is NC(=O)c1ccc(Br)cc1Oc1cncc(Br)c1. The molecule has 1 amide bonds. The summed E-state index contributed by atoms with van der Waals surface area (Å²) in [6, 6.07) is 6.76. The highest BCUT2D eigenvalue weighted by molar-refractivity contribution is 9.10. The number of ether oxygens (including phenoxy) is 1. The van der Waals surface area contributed by atoms with Crippen LogP contribution in [0.3, 0.4) is 0 Å². The number of aromatic nitrogens is 1.